The summed E-state index contributed by atoms with van der Waals surface area (Å²) in [5, 5.41) is 0. The van der Waals surface area contributed by atoms with Crippen LogP contribution in [0.1, 0.15) is 6.92 Å². The van der Waals surface area contributed by atoms with Crippen molar-refractivity contribution in [3.63, 3.8) is 0 Å². The van der Waals surface area contributed by atoms with E-state index in [0.717, 1.165) is 6.54 Å². The second kappa shape index (κ2) is 6.27. The summed E-state index contributed by atoms with van der Waals surface area (Å²) >= 11 is 0.356. The largest absolute Gasteiger partial charge is 0.293 e. The van der Waals surface area contributed by atoms with Gasteiger partial charge in [-0.05, 0) is 22.1 Å². The quantitative estimate of drug-likeness (QED) is 0.372. The van der Waals surface area contributed by atoms with Crippen molar-refractivity contribution < 1.29 is 0 Å². The summed E-state index contributed by atoms with van der Waals surface area (Å²) in [6.07, 6.45) is 1.84. The average Bonchev–Trinajstić information content (AvgIpc) is 1.69. The average molecular weight is 211 g/mol. The Bertz CT molecular complexity index is 66.1. The van der Waals surface area contributed by atoms with Crippen LogP contribution >= 0.6 is 20.7 Å². The Balaban J connectivity index is 2.98. The molecule has 0 spiro atoms. The SMILES string of the molecule is CC=NCC=IC. The first-order valence-corrected chi connectivity index (χ1v) is 5.56. The van der Waals surface area contributed by atoms with Gasteiger partial charge in [-0.2, -0.15) is 0 Å². The van der Waals surface area contributed by atoms with Gasteiger partial charge in [0.2, 0.25) is 0 Å². The zero-order valence-electron chi connectivity index (χ0n) is 4.69. The van der Waals surface area contributed by atoms with E-state index < -0.39 is 0 Å². The fraction of sp³-hybridized carbons (Fsp3) is 0.600. The van der Waals surface area contributed by atoms with Crippen molar-refractivity contribution in [2.45, 2.75) is 6.92 Å². The third kappa shape index (κ3) is 6.27. The Labute approximate surface area is 54.6 Å². The first-order valence-electron chi connectivity index (χ1n) is 2.16. The molecule has 0 aromatic heterocycles. The molecule has 0 amide bonds. The monoisotopic (exact) mass is 211 g/mol. The number of hydrogen-bond acceptors (Lipinski definition) is 1. The van der Waals surface area contributed by atoms with E-state index in [1.54, 1.807) is 0 Å². The molecular weight excluding hydrogens is 201 g/mol. The lowest BCUT2D eigenvalue weighted by molar-refractivity contribution is 1.36. The number of rotatable bonds is 2. The fourth-order valence-corrected chi connectivity index (χ4v) is 0.836. The maximum atomic E-state index is 4.01. The summed E-state index contributed by atoms with van der Waals surface area (Å²) in [7, 11) is 0. The molecule has 42 valence electrons. The summed E-state index contributed by atoms with van der Waals surface area (Å²) in [4.78, 5) is 6.23. The van der Waals surface area contributed by atoms with Crippen LogP contribution in [-0.2, 0) is 0 Å². The van der Waals surface area contributed by atoms with Crippen molar-refractivity contribution in [1.82, 2.24) is 0 Å². The zero-order valence-corrected chi connectivity index (χ0v) is 6.84. The van der Waals surface area contributed by atoms with Crippen molar-refractivity contribution in [2.75, 3.05) is 11.5 Å². The minimum Gasteiger partial charge on any atom is -0.293 e. The second-order valence-electron chi connectivity index (χ2n) is 0.996. The van der Waals surface area contributed by atoms with Crippen molar-refractivity contribution >= 4 is 31.0 Å². The Morgan fingerprint density at radius 2 is 2.43 bits per heavy atom. The molecule has 0 aliphatic rings. The van der Waals surface area contributed by atoms with Gasteiger partial charge in [-0.1, -0.05) is 0 Å². The van der Waals surface area contributed by atoms with Crippen LogP contribution in [0.25, 0.3) is 0 Å². The molecule has 0 heterocycles. The van der Waals surface area contributed by atoms with E-state index in [9.17, 15) is 0 Å². The highest BCUT2D eigenvalue weighted by Crippen LogP contribution is 1.79. The van der Waals surface area contributed by atoms with Crippen molar-refractivity contribution in [1.29, 1.82) is 0 Å². The van der Waals surface area contributed by atoms with Crippen LogP contribution in [-0.4, -0.2) is 21.7 Å². The maximum Gasteiger partial charge on any atom is 0.0618 e. The molecule has 1 nitrogen and oxygen atoms in total. The molecule has 0 saturated carbocycles. The summed E-state index contributed by atoms with van der Waals surface area (Å²) in [6, 6.07) is 0. The van der Waals surface area contributed by atoms with E-state index in [0.29, 0.717) is 20.7 Å². The lowest BCUT2D eigenvalue weighted by Crippen LogP contribution is -1.74. The summed E-state index contributed by atoms with van der Waals surface area (Å²) in [5.41, 5.74) is 0. The molecule has 0 saturated heterocycles. The predicted octanol–water partition coefficient (Wildman–Crippen LogP) is 1.48. The number of hydrogen-bond donors (Lipinski definition) is 0. The highest BCUT2D eigenvalue weighted by atomic mass is 127. The molecular formula is C5H10IN. The zero-order chi connectivity index (χ0) is 5.54. The van der Waals surface area contributed by atoms with Crippen LogP contribution in [0.3, 0.4) is 0 Å². The first kappa shape index (κ1) is 7.27. The molecule has 0 aromatic rings. The normalized spacial score (nSPS) is 12.9. The molecule has 0 radical (unpaired) electrons. The van der Waals surface area contributed by atoms with Crippen LogP contribution < -0.4 is 0 Å². The van der Waals surface area contributed by atoms with Crippen LogP contribution in [0.5, 0.6) is 0 Å². The minimum atomic E-state index is 0.356. The maximum absolute atomic E-state index is 4.01. The molecule has 0 rings (SSSR count). The predicted molar refractivity (Wildman–Crippen MR) is 45.0 cm³/mol. The Kier molecular flexibility index (Phi) is 6.51. The number of aliphatic imine (C=N–C) groups is 1. The van der Waals surface area contributed by atoms with Gasteiger partial charge in [-0.25, -0.2) is 0 Å². The van der Waals surface area contributed by atoms with Gasteiger partial charge in [-0.3, -0.25) is 4.99 Å². The van der Waals surface area contributed by atoms with E-state index in [-0.39, 0.29) is 0 Å². The Morgan fingerprint density at radius 1 is 1.71 bits per heavy atom. The van der Waals surface area contributed by atoms with Gasteiger partial charge in [0.1, 0.15) is 0 Å². The first-order chi connectivity index (χ1) is 3.41. The van der Waals surface area contributed by atoms with Gasteiger partial charge >= 0.3 is 0 Å². The lowest BCUT2D eigenvalue weighted by Gasteiger charge is -1.74. The Morgan fingerprint density at radius 3 is 2.86 bits per heavy atom. The van der Waals surface area contributed by atoms with Crippen LogP contribution in [0.15, 0.2) is 4.99 Å². The molecule has 7 heavy (non-hydrogen) atoms. The third-order valence-electron chi connectivity index (χ3n) is 0.511. The second-order valence-corrected chi connectivity index (χ2v) is 3.12. The molecule has 0 aliphatic heterocycles. The topological polar surface area (TPSA) is 12.4 Å². The van der Waals surface area contributed by atoms with Gasteiger partial charge in [0, 0.05) is 0 Å². The van der Waals surface area contributed by atoms with Crippen molar-refractivity contribution in [2.24, 2.45) is 4.99 Å². The highest BCUT2D eigenvalue weighted by molar-refractivity contribution is 14.2. The van der Waals surface area contributed by atoms with E-state index in [4.69, 9.17) is 0 Å². The van der Waals surface area contributed by atoms with E-state index in [2.05, 4.69) is 13.9 Å². The molecule has 0 unspecified atom stereocenters. The summed E-state index contributed by atoms with van der Waals surface area (Å²) in [6.45, 7) is 2.88. The minimum absolute atomic E-state index is 0.356. The number of alkyl halides is 1. The van der Waals surface area contributed by atoms with Crippen molar-refractivity contribution in [3.8, 4) is 0 Å². The molecule has 0 aliphatic carbocycles. The van der Waals surface area contributed by atoms with E-state index in [1.807, 2.05) is 13.1 Å². The Hall–Kier alpha value is 0.270. The van der Waals surface area contributed by atoms with Crippen LogP contribution in [0.4, 0.5) is 0 Å². The number of nitrogens with zero attached hydrogens (tertiary/aromatic N) is 1. The van der Waals surface area contributed by atoms with Gasteiger partial charge in [0.25, 0.3) is 0 Å². The van der Waals surface area contributed by atoms with Crippen LogP contribution in [0.2, 0.25) is 0 Å². The third-order valence-corrected chi connectivity index (χ3v) is 1.79. The molecule has 2 heteroatoms. The standard InChI is InChI=1S/C5H10IN/c1-3-7-5-4-6-2/h3-4H,5H2,1-2H3. The van der Waals surface area contributed by atoms with E-state index >= 15 is 0 Å². The summed E-state index contributed by atoms with van der Waals surface area (Å²) < 4.78 is 2.25. The molecule has 0 atom stereocenters. The van der Waals surface area contributed by atoms with Crippen LogP contribution in [0, 0.1) is 0 Å². The van der Waals surface area contributed by atoms with Gasteiger partial charge < -0.3 is 0 Å². The van der Waals surface area contributed by atoms with Gasteiger partial charge in [0.05, 0.1) is 6.54 Å². The smallest absolute Gasteiger partial charge is 0.0618 e. The lowest BCUT2D eigenvalue weighted by atomic mass is 10.8. The molecule has 0 N–H and O–H groups in total. The number of halogens is 1. The summed E-state index contributed by atoms with van der Waals surface area (Å²) in [5.74, 6) is 0. The van der Waals surface area contributed by atoms with E-state index in [1.165, 1.54) is 0 Å². The highest BCUT2D eigenvalue weighted by Gasteiger charge is 1.61. The molecule has 0 fully saturated rings. The van der Waals surface area contributed by atoms with Gasteiger partial charge in [0.15, 0.2) is 0 Å². The fourth-order valence-electron chi connectivity index (χ4n) is 0.214. The molecule has 0 aromatic carbocycles. The molecule has 0 bridgehead atoms. The van der Waals surface area contributed by atoms with Crippen molar-refractivity contribution in [3.05, 3.63) is 0 Å². The van der Waals surface area contributed by atoms with Gasteiger partial charge in [-0.15, -0.1) is 20.7 Å².